The van der Waals surface area contributed by atoms with Crippen LogP contribution in [0.1, 0.15) is 12.5 Å². The molecule has 0 spiro atoms. The second kappa shape index (κ2) is 7.69. The highest BCUT2D eigenvalue weighted by Crippen LogP contribution is 2.26. The minimum Gasteiger partial charge on any atom is -0.301 e. The Kier molecular flexibility index (Phi) is 4.94. The van der Waals surface area contributed by atoms with Crippen LogP contribution in [-0.2, 0) is 16.1 Å². The summed E-state index contributed by atoms with van der Waals surface area (Å²) in [5, 5.41) is 10.6. The number of nitrogens with zero attached hydrogens (tertiary/aromatic N) is 4. The summed E-state index contributed by atoms with van der Waals surface area (Å²) in [5.41, 5.74) is 3.02. The summed E-state index contributed by atoms with van der Waals surface area (Å²) in [6.45, 7) is 2.03. The molecule has 1 N–H and O–H groups in total. The standard InChI is InChI=1S/C20H17N5O2S/c1-13-17(19(27)25(24-13)11-14-6-3-2-4-7-14)18(26)23-20-22-16(12-28-20)15-8-5-9-21-10-15/h2-10,12,17H,11H2,1H3,(H,22,23,26)/t17-/m0/s1. The van der Waals surface area contributed by atoms with Gasteiger partial charge in [0, 0.05) is 23.3 Å². The average molecular weight is 391 g/mol. The molecule has 0 aliphatic carbocycles. The van der Waals surface area contributed by atoms with Crippen LogP contribution in [0.2, 0.25) is 0 Å². The number of nitrogens with one attached hydrogen (secondary N) is 1. The summed E-state index contributed by atoms with van der Waals surface area (Å²) in [6.07, 6.45) is 3.40. The lowest BCUT2D eigenvalue weighted by Gasteiger charge is -2.14. The smallest absolute Gasteiger partial charge is 0.261 e. The normalized spacial score (nSPS) is 16.2. The van der Waals surface area contributed by atoms with Crippen molar-refractivity contribution in [1.29, 1.82) is 0 Å². The maximum Gasteiger partial charge on any atom is 0.261 e. The molecule has 3 heterocycles. The van der Waals surface area contributed by atoms with Crippen LogP contribution >= 0.6 is 11.3 Å². The van der Waals surface area contributed by atoms with E-state index in [-0.39, 0.29) is 5.91 Å². The van der Waals surface area contributed by atoms with Crippen LogP contribution in [0.25, 0.3) is 11.3 Å². The monoisotopic (exact) mass is 391 g/mol. The van der Waals surface area contributed by atoms with Crippen LogP contribution in [0.15, 0.2) is 65.3 Å². The third kappa shape index (κ3) is 3.67. The molecule has 8 heteroatoms. The predicted octanol–water partition coefficient (Wildman–Crippen LogP) is 3.18. The largest absolute Gasteiger partial charge is 0.301 e. The van der Waals surface area contributed by atoms with Crippen molar-refractivity contribution >= 4 is 34.0 Å². The number of hydrazone groups is 1. The van der Waals surface area contributed by atoms with Gasteiger partial charge >= 0.3 is 0 Å². The molecule has 1 aliphatic rings. The minimum absolute atomic E-state index is 0.331. The zero-order chi connectivity index (χ0) is 19.5. The van der Waals surface area contributed by atoms with E-state index in [2.05, 4.69) is 20.4 Å². The summed E-state index contributed by atoms with van der Waals surface area (Å²) in [7, 11) is 0. The molecule has 0 saturated heterocycles. The van der Waals surface area contributed by atoms with Gasteiger partial charge < -0.3 is 5.32 Å². The molecule has 2 amide bonds. The maximum absolute atomic E-state index is 12.7. The number of benzene rings is 1. The van der Waals surface area contributed by atoms with E-state index in [0.717, 1.165) is 16.8 Å². The summed E-state index contributed by atoms with van der Waals surface area (Å²) in [6, 6.07) is 13.3. The highest BCUT2D eigenvalue weighted by molar-refractivity contribution is 7.14. The molecule has 0 saturated carbocycles. The zero-order valence-electron chi connectivity index (χ0n) is 15.1. The Morgan fingerprint density at radius 3 is 2.79 bits per heavy atom. The molecule has 0 fully saturated rings. The third-order valence-electron chi connectivity index (χ3n) is 4.33. The quantitative estimate of drug-likeness (QED) is 0.677. The van der Waals surface area contributed by atoms with Crippen molar-refractivity contribution in [2.45, 2.75) is 13.5 Å². The van der Waals surface area contributed by atoms with Crippen LogP contribution in [0.5, 0.6) is 0 Å². The fraction of sp³-hybridized carbons (Fsp3) is 0.150. The average Bonchev–Trinajstić information content (AvgIpc) is 3.28. The molecular formula is C20H17N5O2S. The first kappa shape index (κ1) is 18.0. The SMILES string of the molecule is CC1=NN(Cc2ccccc2)C(=O)[C@@H]1C(=O)Nc1nc(-c2cccnc2)cs1. The van der Waals surface area contributed by atoms with Gasteiger partial charge in [-0.1, -0.05) is 30.3 Å². The van der Waals surface area contributed by atoms with Crippen LogP contribution < -0.4 is 5.32 Å². The first-order valence-electron chi connectivity index (χ1n) is 8.69. The van der Waals surface area contributed by atoms with E-state index in [0.29, 0.717) is 17.4 Å². The number of thiazole rings is 1. The Balaban J connectivity index is 1.44. The van der Waals surface area contributed by atoms with Crippen LogP contribution in [0.4, 0.5) is 5.13 Å². The molecule has 0 bridgehead atoms. The van der Waals surface area contributed by atoms with Gasteiger partial charge in [0.1, 0.15) is 0 Å². The van der Waals surface area contributed by atoms with Crippen molar-refractivity contribution in [2.24, 2.45) is 11.0 Å². The summed E-state index contributed by atoms with van der Waals surface area (Å²) in [5.74, 6) is -1.69. The Bertz CT molecular complexity index is 1030. The number of carbonyl (C=O) groups excluding carboxylic acids is 2. The summed E-state index contributed by atoms with van der Waals surface area (Å²) < 4.78 is 0. The molecule has 0 radical (unpaired) electrons. The van der Waals surface area contributed by atoms with Crippen molar-refractivity contribution < 1.29 is 9.59 Å². The number of anilines is 1. The number of hydrogen-bond donors (Lipinski definition) is 1. The number of amides is 2. The van der Waals surface area contributed by atoms with E-state index >= 15 is 0 Å². The van der Waals surface area contributed by atoms with Gasteiger partial charge in [-0.2, -0.15) is 5.10 Å². The fourth-order valence-corrected chi connectivity index (χ4v) is 3.67. The molecule has 3 aromatic rings. The minimum atomic E-state index is -0.936. The molecule has 7 nitrogen and oxygen atoms in total. The molecule has 2 aromatic heterocycles. The van der Waals surface area contributed by atoms with Crippen LogP contribution in [0, 0.1) is 5.92 Å². The molecule has 28 heavy (non-hydrogen) atoms. The van der Waals surface area contributed by atoms with Crippen molar-refractivity contribution in [3.8, 4) is 11.3 Å². The molecule has 4 rings (SSSR count). The van der Waals surface area contributed by atoms with Gasteiger partial charge in [-0.05, 0) is 24.6 Å². The Hall–Kier alpha value is -3.39. The summed E-state index contributed by atoms with van der Waals surface area (Å²) in [4.78, 5) is 33.9. The highest BCUT2D eigenvalue weighted by atomic mass is 32.1. The number of rotatable bonds is 5. The fourth-order valence-electron chi connectivity index (χ4n) is 2.95. The second-order valence-corrected chi connectivity index (χ2v) is 7.18. The van der Waals surface area contributed by atoms with Gasteiger partial charge in [-0.15, -0.1) is 11.3 Å². The van der Waals surface area contributed by atoms with Crippen molar-refractivity contribution in [3.63, 3.8) is 0 Å². The van der Waals surface area contributed by atoms with Gasteiger partial charge in [0.2, 0.25) is 5.91 Å². The van der Waals surface area contributed by atoms with Gasteiger partial charge in [-0.3, -0.25) is 14.6 Å². The van der Waals surface area contributed by atoms with Gasteiger partial charge in [0.05, 0.1) is 18.0 Å². The number of pyridine rings is 1. The van der Waals surface area contributed by atoms with Crippen LogP contribution in [-0.4, -0.2) is 32.5 Å². The van der Waals surface area contributed by atoms with Crippen molar-refractivity contribution in [2.75, 3.05) is 5.32 Å². The van der Waals surface area contributed by atoms with Crippen LogP contribution in [0.3, 0.4) is 0 Å². The first-order chi connectivity index (χ1) is 13.6. The van der Waals surface area contributed by atoms with E-state index in [1.54, 1.807) is 19.3 Å². The third-order valence-corrected chi connectivity index (χ3v) is 5.08. The number of carbonyl (C=O) groups is 2. The molecule has 1 aromatic carbocycles. The molecule has 140 valence electrons. The van der Waals surface area contributed by atoms with Crippen molar-refractivity contribution in [3.05, 3.63) is 65.8 Å². The maximum atomic E-state index is 12.7. The Labute approximate surface area is 165 Å². The Morgan fingerprint density at radius 1 is 1.21 bits per heavy atom. The van der Waals surface area contributed by atoms with Gasteiger partial charge in [0.25, 0.3) is 5.91 Å². The van der Waals surface area contributed by atoms with E-state index in [1.165, 1.54) is 16.3 Å². The Morgan fingerprint density at radius 2 is 2.04 bits per heavy atom. The zero-order valence-corrected chi connectivity index (χ0v) is 15.9. The van der Waals surface area contributed by atoms with Crippen molar-refractivity contribution in [1.82, 2.24) is 15.0 Å². The second-order valence-electron chi connectivity index (χ2n) is 6.32. The van der Waals surface area contributed by atoms with E-state index < -0.39 is 11.8 Å². The van der Waals surface area contributed by atoms with Gasteiger partial charge in [-0.25, -0.2) is 9.99 Å². The first-order valence-corrected chi connectivity index (χ1v) is 9.57. The summed E-state index contributed by atoms with van der Waals surface area (Å²) >= 11 is 1.30. The molecule has 1 aliphatic heterocycles. The lowest BCUT2D eigenvalue weighted by molar-refractivity contribution is -0.136. The lowest BCUT2D eigenvalue weighted by atomic mass is 10.0. The van der Waals surface area contributed by atoms with E-state index in [9.17, 15) is 9.59 Å². The predicted molar refractivity (Wildman–Crippen MR) is 108 cm³/mol. The lowest BCUT2D eigenvalue weighted by Crippen LogP contribution is -2.36. The van der Waals surface area contributed by atoms with Gasteiger partial charge in [0.15, 0.2) is 11.0 Å². The number of hydrogen-bond acceptors (Lipinski definition) is 6. The molecule has 1 atom stereocenters. The van der Waals surface area contributed by atoms with E-state index in [1.807, 2.05) is 47.8 Å². The molecule has 0 unspecified atom stereocenters. The molecular weight excluding hydrogens is 374 g/mol. The number of aromatic nitrogens is 2. The van der Waals surface area contributed by atoms with E-state index in [4.69, 9.17) is 0 Å². The topological polar surface area (TPSA) is 87.5 Å². The highest BCUT2D eigenvalue weighted by Gasteiger charge is 2.39.